The van der Waals surface area contributed by atoms with Gasteiger partial charge in [-0.2, -0.15) is 0 Å². The molecule has 1 aromatic rings. The van der Waals surface area contributed by atoms with Gasteiger partial charge in [-0.15, -0.1) is 10.2 Å². The van der Waals surface area contributed by atoms with Crippen LogP contribution in [0.3, 0.4) is 0 Å². The molecule has 1 aromatic heterocycles. The molecular formula is C12H22N4O3S2. The predicted octanol–water partition coefficient (Wildman–Crippen LogP) is 1.85. The largest absolute Gasteiger partial charge is 0.300 e. The molecule has 0 spiro atoms. The number of aromatic nitrogens is 2. The van der Waals surface area contributed by atoms with Crippen molar-refractivity contribution in [2.24, 2.45) is 11.3 Å². The van der Waals surface area contributed by atoms with E-state index in [9.17, 15) is 13.2 Å². The van der Waals surface area contributed by atoms with Crippen molar-refractivity contribution < 1.29 is 13.2 Å². The van der Waals surface area contributed by atoms with Crippen molar-refractivity contribution in [2.45, 2.75) is 45.4 Å². The highest BCUT2D eigenvalue weighted by atomic mass is 32.2. The molecule has 1 heterocycles. The summed E-state index contributed by atoms with van der Waals surface area (Å²) in [5, 5.41) is 10.1. The molecule has 0 saturated carbocycles. The van der Waals surface area contributed by atoms with Crippen LogP contribution in [-0.2, 0) is 14.8 Å². The Morgan fingerprint density at radius 3 is 2.43 bits per heavy atom. The summed E-state index contributed by atoms with van der Waals surface area (Å²) in [5.74, 6) is 0.166. The van der Waals surface area contributed by atoms with E-state index in [1.54, 1.807) is 20.8 Å². The molecule has 0 aromatic carbocycles. The second-order valence-corrected chi connectivity index (χ2v) is 9.08. The van der Waals surface area contributed by atoms with Crippen LogP contribution in [0, 0.1) is 11.3 Å². The molecule has 1 amide bonds. The summed E-state index contributed by atoms with van der Waals surface area (Å²) >= 11 is 0.838. The normalized spacial score (nSPS) is 12.7. The number of nitrogens with zero attached hydrogens (tertiary/aromatic N) is 2. The maximum Gasteiger partial charge on any atom is 0.269 e. The molecule has 0 aliphatic heterocycles. The van der Waals surface area contributed by atoms with Gasteiger partial charge in [-0.05, 0) is 12.3 Å². The molecule has 0 atom stereocenters. The first-order chi connectivity index (χ1) is 9.52. The highest BCUT2D eigenvalue weighted by molar-refractivity contribution is 7.91. The third-order valence-corrected chi connectivity index (χ3v) is 5.22. The highest BCUT2D eigenvalue weighted by Crippen LogP contribution is 2.22. The lowest BCUT2D eigenvalue weighted by Gasteiger charge is -2.15. The van der Waals surface area contributed by atoms with Crippen molar-refractivity contribution in [3.05, 3.63) is 0 Å². The van der Waals surface area contributed by atoms with Gasteiger partial charge in [-0.25, -0.2) is 13.1 Å². The van der Waals surface area contributed by atoms with Gasteiger partial charge >= 0.3 is 0 Å². The fourth-order valence-electron chi connectivity index (χ4n) is 1.20. The summed E-state index contributed by atoms with van der Waals surface area (Å²) in [4.78, 5) is 11.8. The minimum Gasteiger partial charge on any atom is -0.300 e. The second kappa shape index (κ2) is 6.80. The van der Waals surface area contributed by atoms with Crippen LogP contribution in [0.1, 0.15) is 41.0 Å². The van der Waals surface area contributed by atoms with Crippen molar-refractivity contribution in [1.29, 1.82) is 0 Å². The van der Waals surface area contributed by atoms with Crippen LogP contribution in [0.5, 0.6) is 0 Å². The lowest BCUT2D eigenvalue weighted by Crippen LogP contribution is -2.27. The number of hydrogen-bond donors (Lipinski definition) is 2. The summed E-state index contributed by atoms with van der Waals surface area (Å²) < 4.78 is 26.3. The number of carbonyl (C=O) groups is 1. The summed E-state index contributed by atoms with van der Waals surface area (Å²) in [6, 6.07) is 0. The standard InChI is InChI=1S/C12H22N4O3S2/c1-8(2)6-7-13-21(18,19)11-16-15-10(20-11)14-9(17)12(3,4)5/h8,13H,6-7H2,1-5H3,(H,14,15,17). The first kappa shape index (κ1) is 18.0. The van der Waals surface area contributed by atoms with Crippen LogP contribution >= 0.6 is 11.3 Å². The van der Waals surface area contributed by atoms with Crippen molar-refractivity contribution in [2.75, 3.05) is 11.9 Å². The van der Waals surface area contributed by atoms with Gasteiger partial charge in [0.05, 0.1) is 0 Å². The lowest BCUT2D eigenvalue weighted by molar-refractivity contribution is -0.123. The summed E-state index contributed by atoms with van der Waals surface area (Å²) in [6.07, 6.45) is 0.742. The number of hydrogen-bond acceptors (Lipinski definition) is 6. The molecule has 21 heavy (non-hydrogen) atoms. The van der Waals surface area contributed by atoms with Crippen LogP contribution < -0.4 is 10.0 Å². The smallest absolute Gasteiger partial charge is 0.269 e. The van der Waals surface area contributed by atoms with E-state index in [1.165, 1.54) is 0 Å². The molecular weight excluding hydrogens is 312 g/mol. The summed E-state index contributed by atoms with van der Waals surface area (Å²) in [7, 11) is -3.66. The monoisotopic (exact) mass is 334 g/mol. The van der Waals surface area contributed by atoms with Gasteiger partial charge in [0.15, 0.2) is 0 Å². The molecule has 0 fully saturated rings. The number of nitrogens with one attached hydrogen (secondary N) is 2. The van der Waals surface area contributed by atoms with Gasteiger partial charge in [-0.1, -0.05) is 46.0 Å². The van der Waals surface area contributed by atoms with E-state index in [4.69, 9.17) is 0 Å². The average Bonchev–Trinajstić information content (AvgIpc) is 2.76. The van der Waals surface area contributed by atoms with E-state index in [0.717, 1.165) is 17.8 Å². The van der Waals surface area contributed by atoms with Crippen LogP contribution in [0.4, 0.5) is 5.13 Å². The highest BCUT2D eigenvalue weighted by Gasteiger charge is 2.24. The van der Waals surface area contributed by atoms with Crippen LogP contribution in [0.2, 0.25) is 0 Å². The first-order valence-corrected chi connectivity index (χ1v) is 8.97. The molecule has 0 unspecified atom stereocenters. The topological polar surface area (TPSA) is 101 Å². The molecule has 0 aliphatic rings. The fraction of sp³-hybridized carbons (Fsp3) is 0.750. The maximum atomic E-state index is 12.0. The molecule has 120 valence electrons. The zero-order chi connectivity index (χ0) is 16.3. The molecule has 0 saturated heterocycles. The van der Waals surface area contributed by atoms with E-state index in [1.807, 2.05) is 13.8 Å². The van der Waals surface area contributed by atoms with Crippen molar-refractivity contribution in [1.82, 2.24) is 14.9 Å². The lowest BCUT2D eigenvalue weighted by atomic mass is 9.96. The summed E-state index contributed by atoms with van der Waals surface area (Å²) in [6.45, 7) is 9.65. The minimum atomic E-state index is -3.66. The van der Waals surface area contributed by atoms with Crippen molar-refractivity contribution in [3.8, 4) is 0 Å². The molecule has 0 radical (unpaired) electrons. The number of carbonyl (C=O) groups excluding carboxylic acids is 1. The Morgan fingerprint density at radius 2 is 1.90 bits per heavy atom. The van der Waals surface area contributed by atoms with E-state index >= 15 is 0 Å². The molecule has 1 rings (SSSR count). The number of amides is 1. The Hall–Kier alpha value is -1.06. The Kier molecular flexibility index (Phi) is 5.83. The Balaban J connectivity index is 2.72. The van der Waals surface area contributed by atoms with E-state index in [2.05, 4.69) is 20.2 Å². The number of anilines is 1. The van der Waals surface area contributed by atoms with Crippen molar-refractivity contribution in [3.63, 3.8) is 0 Å². The molecule has 7 nitrogen and oxygen atoms in total. The maximum absolute atomic E-state index is 12.0. The third-order valence-electron chi connectivity index (χ3n) is 2.55. The fourth-order valence-corrected chi connectivity index (χ4v) is 3.18. The van der Waals surface area contributed by atoms with E-state index in [0.29, 0.717) is 12.5 Å². The molecule has 0 aliphatic carbocycles. The Labute approximate surface area is 129 Å². The summed E-state index contributed by atoms with van der Waals surface area (Å²) in [5.41, 5.74) is -0.583. The second-order valence-electron chi connectivity index (χ2n) is 6.16. The predicted molar refractivity (Wildman–Crippen MR) is 82.6 cm³/mol. The van der Waals surface area contributed by atoms with E-state index < -0.39 is 15.4 Å². The zero-order valence-electron chi connectivity index (χ0n) is 12.9. The van der Waals surface area contributed by atoms with Gasteiger partial charge in [-0.3, -0.25) is 4.79 Å². The number of sulfonamides is 1. The van der Waals surface area contributed by atoms with E-state index in [-0.39, 0.29) is 15.4 Å². The number of rotatable bonds is 6. The van der Waals surface area contributed by atoms with Gasteiger partial charge in [0.25, 0.3) is 10.0 Å². The zero-order valence-corrected chi connectivity index (χ0v) is 14.6. The average molecular weight is 334 g/mol. The first-order valence-electron chi connectivity index (χ1n) is 6.67. The van der Waals surface area contributed by atoms with Gasteiger partial charge in [0, 0.05) is 12.0 Å². The molecule has 2 N–H and O–H groups in total. The van der Waals surface area contributed by atoms with Crippen molar-refractivity contribution >= 4 is 32.4 Å². The van der Waals surface area contributed by atoms with Crippen LogP contribution in [-0.4, -0.2) is 31.1 Å². The molecule has 0 bridgehead atoms. The third kappa shape index (κ3) is 5.68. The van der Waals surface area contributed by atoms with Gasteiger partial charge in [0.1, 0.15) is 0 Å². The van der Waals surface area contributed by atoms with Crippen LogP contribution in [0.25, 0.3) is 0 Å². The SMILES string of the molecule is CC(C)CCNS(=O)(=O)c1nnc(NC(=O)C(C)(C)C)s1. The van der Waals surface area contributed by atoms with Crippen LogP contribution in [0.15, 0.2) is 4.34 Å². The Morgan fingerprint density at radius 1 is 1.29 bits per heavy atom. The Bertz CT molecular complexity index is 588. The quantitative estimate of drug-likeness (QED) is 0.773. The minimum absolute atomic E-state index is 0.143. The van der Waals surface area contributed by atoms with Gasteiger partial charge in [0.2, 0.25) is 15.4 Å². The van der Waals surface area contributed by atoms with Gasteiger partial charge < -0.3 is 5.32 Å². The molecule has 9 heteroatoms.